The van der Waals surface area contributed by atoms with Crippen LogP contribution in [0.4, 0.5) is 0 Å². The third-order valence-corrected chi connectivity index (χ3v) is 3.97. The zero-order chi connectivity index (χ0) is 12.6. The summed E-state index contributed by atoms with van der Waals surface area (Å²) in [6.45, 7) is 7.99. The van der Waals surface area contributed by atoms with Crippen molar-refractivity contribution in [2.45, 2.75) is 45.3 Å². The lowest BCUT2D eigenvalue weighted by Gasteiger charge is -2.20. The minimum absolute atomic E-state index is 0.392. The van der Waals surface area contributed by atoms with Crippen molar-refractivity contribution < 1.29 is 0 Å². The number of thioether (sulfide) groups is 1. The van der Waals surface area contributed by atoms with Gasteiger partial charge in [0.15, 0.2) is 0 Å². The zero-order valence-electron chi connectivity index (χ0n) is 10.4. The second kappa shape index (κ2) is 7.65. The van der Waals surface area contributed by atoms with E-state index in [0.717, 1.165) is 22.6 Å². The Bertz CT molecular complexity index is 336. The van der Waals surface area contributed by atoms with E-state index in [2.05, 4.69) is 13.0 Å². The van der Waals surface area contributed by atoms with Gasteiger partial charge < -0.3 is 0 Å². The van der Waals surface area contributed by atoms with Crippen LogP contribution >= 0.6 is 24.0 Å². The van der Waals surface area contributed by atoms with Gasteiger partial charge in [0.05, 0.1) is 10.3 Å². The first-order chi connectivity index (χ1) is 7.49. The Morgan fingerprint density at radius 2 is 2.19 bits per heavy atom. The van der Waals surface area contributed by atoms with Crippen LogP contribution in [0.25, 0.3) is 0 Å². The molecule has 0 bridgehead atoms. The zero-order valence-corrected chi connectivity index (χ0v) is 12.0. The Balaban J connectivity index is 4.61. The summed E-state index contributed by atoms with van der Waals surface area (Å²) in [7, 11) is 0. The first kappa shape index (κ1) is 15.4. The lowest BCUT2D eigenvalue weighted by atomic mass is 10.1. The summed E-state index contributed by atoms with van der Waals surface area (Å²) < 4.78 is 0.423. The van der Waals surface area contributed by atoms with Crippen LogP contribution in [-0.2, 0) is 0 Å². The van der Waals surface area contributed by atoms with Crippen LogP contribution < -0.4 is 0 Å². The molecule has 0 saturated heterocycles. The lowest BCUT2D eigenvalue weighted by Crippen LogP contribution is -2.19. The Morgan fingerprint density at radius 1 is 1.56 bits per heavy atom. The summed E-state index contributed by atoms with van der Waals surface area (Å²) in [4.78, 5) is 0. The van der Waals surface area contributed by atoms with Gasteiger partial charge in [-0.3, -0.25) is 0 Å². The Hall–Kier alpha value is -0.590. The predicted octanol–water partition coefficient (Wildman–Crippen LogP) is 4.65. The highest BCUT2D eigenvalue weighted by atomic mass is 32.2. The van der Waals surface area contributed by atoms with Crippen LogP contribution in [0.1, 0.15) is 40.5 Å². The molecule has 1 atom stereocenters. The topological polar surface area (TPSA) is 23.8 Å². The van der Waals surface area contributed by atoms with E-state index in [9.17, 15) is 0 Å². The van der Waals surface area contributed by atoms with Crippen molar-refractivity contribution >= 4 is 28.2 Å². The number of hydrogen-bond donors (Lipinski definition) is 0. The quantitative estimate of drug-likeness (QED) is 0.405. The summed E-state index contributed by atoms with van der Waals surface area (Å²) in [6, 6.07) is 2.35. The van der Waals surface area contributed by atoms with Crippen LogP contribution in [0.3, 0.4) is 0 Å². The van der Waals surface area contributed by atoms with E-state index in [0.29, 0.717) is 0 Å². The van der Waals surface area contributed by atoms with Crippen molar-refractivity contribution in [1.29, 1.82) is 5.26 Å². The fourth-order valence-corrected chi connectivity index (χ4v) is 2.81. The van der Waals surface area contributed by atoms with Crippen molar-refractivity contribution in [2.75, 3.05) is 0 Å². The molecule has 0 aromatic rings. The van der Waals surface area contributed by atoms with Crippen LogP contribution in [0, 0.1) is 11.3 Å². The fraction of sp³-hybridized carbons (Fsp3) is 0.538. The predicted molar refractivity (Wildman–Crippen MR) is 77.7 cm³/mol. The van der Waals surface area contributed by atoms with E-state index in [1.807, 2.05) is 39.0 Å². The van der Waals surface area contributed by atoms with Crippen LogP contribution in [-0.4, -0.2) is 8.94 Å². The molecule has 0 aromatic heterocycles. The molecule has 0 rings (SSSR count). The molecule has 0 spiro atoms. The summed E-state index contributed by atoms with van der Waals surface area (Å²) in [5.41, 5.74) is 1.05. The van der Waals surface area contributed by atoms with Gasteiger partial charge in [-0.1, -0.05) is 55.6 Å². The molecule has 0 aliphatic rings. The van der Waals surface area contributed by atoms with Crippen LogP contribution in [0.15, 0.2) is 23.8 Å². The SMILES string of the molecule is C/C=C\C=C(/C)C(=S)SC(C)(C#N)CCC. The molecule has 3 heteroatoms. The van der Waals surface area contributed by atoms with Crippen molar-refractivity contribution in [3.8, 4) is 6.07 Å². The number of nitriles is 1. The highest BCUT2D eigenvalue weighted by Crippen LogP contribution is 2.32. The third kappa shape index (κ3) is 5.48. The number of allylic oxidation sites excluding steroid dienone is 3. The van der Waals surface area contributed by atoms with Crippen LogP contribution in [0.5, 0.6) is 0 Å². The molecule has 0 aliphatic carbocycles. The largest absolute Gasteiger partial charge is 0.197 e. The Kier molecular flexibility index (Phi) is 7.36. The normalized spacial score (nSPS) is 15.8. The number of rotatable bonds is 5. The van der Waals surface area contributed by atoms with E-state index in [4.69, 9.17) is 17.5 Å². The minimum Gasteiger partial charge on any atom is -0.197 e. The lowest BCUT2D eigenvalue weighted by molar-refractivity contribution is 0.694. The fourth-order valence-electron chi connectivity index (χ4n) is 1.20. The maximum Gasteiger partial charge on any atom is 0.105 e. The van der Waals surface area contributed by atoms with Gasteiger partial charge in [-0.15, -0.1) is 0 Å². The van der Waals surface area contributed by atoms with Crippen molar-refractivity contribution in [3.63, 3.8) is 0 Å². The molecule has 0 heterocycles. The number of nitrogens with zero attached hydrogens (tertiary/aromatic N) is 1. The smallest absolute Gasteiger partial charge is 0.105 e. The summed E-state index contributed by atoms with van der Waals surface area (Å²) >= 11 is 6.83. The van der Waals surface area contributed by atoms with Gasteiger partial charge in [0.1, 0.15) is 4.75 Å². The van der Waals surface area contributed by atoms with Gasteiger partial charge in [0.25, 0.3) is 0 Å². The molecule has 0 fully saturated rings. The Morgan fingerprint density at radius 3 is 2.62 bits per heavy atom. The van der Waals surface area contributed by atoms with Gasteiger partial charge in [0, 0.05) is 0 Å². The van der Waals surface area contributed by atoms with E-state index in [1.165, 1.54) is 11.8 Å². The second-order valence-electron chi connectivity index (χ2n) is 3.86. The third-order valence-electron chi connectivity index (χ3n) is 2.14. The highest BCUT2D eigenvalue weighted by molar-refractivity contribution is 8.24. The average Bonchev–Trinajstić information content (AvgIpc) is 2.26. The molecule has 0 aromatic carbocycles. The molecule has 1 nitrogen and oxygen atoms in total. The van der Waals surface area contributed by atoms with Gasteiger partial charge >= 0.3 is 0 Å². The molecule has 0 amide bonds. The number of thiocarbonyl (C=S) groups is 1. The van der Waals surface area contributed by atoms with E-state index < -0.39 is 4.75 Å². The van der Waals surface area contributed by atoms with Gasteiger partial charge in [0.2, 0.25) is 0 Å². The van der Waals surface area contributed by atoms with Gasteiger partial charge in [-0.25, -0.2) is 0 Å². The Labute approximate surface area is 109 Å². The van der Waals surface area contributed by atoms with Crippen molar-refractivity contribution in [1.82, 2.24) is 0 Å². The van der Waals surface area contributed by atoms with E-state index in [-0.39, 0.29) is 0 Å². The maximum atomic E-state index is 9.16. The first-order valence-corrected chi connectivity index (χ1v) is 6.65. The molecular formula is C13H19NS2. The average molecular weight is 253 g/mol. The van der Waals surface area contributed by atoms with Gasteiger partial charge in [-0.05, 0) is 32.8 Å². The summed E-state index contributed by atoms with van der Waals surface area (Å²) in [5, 5.41) is 9.16. The van der Waals surface area contributed by atoms with E-state index in [1.54, 1.807) is 0 Å². The summed E-state index contributed by atoms with van der Waals surface area (Å²) in [6.07, 6.45) is 7.78. The number of hydrogen-bond acceptors (Lipinski definition) is 3. The molecule has 16 heavy (non-hydrogen) atoms. The molecule has 0 aliphatic heterocycles. The molecule has 88 valence electrons. The minimum atomic E-state index is -0.392. The van der Waals surface area contributed by atoms with Crippen LogP contribution in [0.2, 0.25) is 0 Å². The molecule has 0 saturated carbocycles. The molecule has 1 unspecified atom stereocenters. The standard InChI is InChI=1S/C13H19NS2/c1-5-7-8-11(3)12(15)16-13(4,10-14)9-6-2/h5,7-8H,6,9H2,1-4H3/b7-5-,11-8+. The van der Waals surface area contributed by atoms with Crippen molar-refractivity contribution in [3.05, 3.63) is 23.8 Å². The monoisotopic (exact) mass is 253 g/mol. The first-order valence-electron chi connectivity index (χ1n) is 5.43. The summed E-state index contributed by atoms with van der Waals surface area (Å²) in [5.74, 6) is 0. The van der Waals surface area contributed by atoms with Gasteiger partial charge in [-0.2, -0.15) is 5.26 Å². The van der Waals surface area contributed by atoms with Crippen molar-refractivity contribution in [2.24, 2.45) is 0 Å². The van der Waals surface area contributed by atoms with E-state index >= 15 is 0 Å². The molecule has 0 radical (unpaired) electrons. The maximum absolute atomic E-state index is 9.16. The highest BCUT2D eigenvalue weighted by Gasteiger charge is 2.25. The molecular weight excluding hydrogens is 234 g/mol. The molecule has 0 N–H and O–H groups in total. The second-order valence-corrected chi connectivity index (χ2v) is 6.04.